The van der Waals surface area contributed by atoms with Gasteiger partial charge in [-0.25, -0.2) is 4.39 Å². The van der Waals surface area contributed by atoms with Crippen LogP contribution in [0.2, 0.25) is 0 Å². The highest BCUT2D eigenvalue weighted by molar-refractivity contribution is 5.85. The topological polar surface area (TPSA) is 49.8 Å². The highest BCUT2D eigenvalue weighted by Gasteiger charge is 2.29. The molecule has 1 N–H and O–H groups in total. The van der Waals surface area contributed by atoms with Crippen LogP contribution >= 0.6 is 12.4 Å². The SMILES string of the molecule is CCCC(C(=O)O)N1CCC(OCc2ccccc2-c2ccc(F)cc2)CC1.Cl. The summed E-state index contributed by atoms with van der Waals surface area (Å²) in [5.74, 6) is -0.971. The molecule has 29 heavy (non-hydrogen) atoms. The number of aliphatic carboxylic acids is 1. The molecule has 158 valence electrons. The first-order valence-corrected chi connectivity index (χ1v) is 10.0. The van der Waals surface area contributed by atoms with Gasteiger partial charge >= 0.3 is 5.97 Å². The number of carboxylic acids is 1. The largest absolute Gasteiger partial charge is 0.480 e. The van der Waals surface area contributed by atoms with Gasteiger partial charge in [0.2, 0.25) is 0 Å². The van der Waals surface area contributed by atoms with Crippen LogP contribution in [0, 0.1) is 5.82 Å². The van der Waals surface area contributed by atoms with Crippen LogP contribution in [0.5, 0.6) is 0 Å². The van der Waals surface area contributed by atoms with Gasteiger partial charge in [0.1, 0.15) is 11.9 Å². The molecule has 1 fully saturated rings. The van der Waals surface area contributed by atoms with Crippen molar-refractivity contribution in [3.05, 3.63) is 59.9 Å². The molecule has 1 atom stereocenters. The van der Waals surface area contributed by atoms with Crippen LogP contribution in [-0.4, -0.2) is 41.2 Å². The van der Waals surface area contributed by atoms with Crippen LogP contribution < -0.4 is 0 Å². The lowest BCUT2D eigenvalue weighted by Crippen LogP contribution is -2.47. The van der Waals surface area contributed by atoms with Crippen molar-refractivity contribution in [2.24, 2.45) is 0 Å². The van der Waals surface area contributed by atoms with Gasteiger partial charge in [-0.15, -0.1) is 12.4 Å². The van der Waals surface area contributed by atoms with Gasteiger partial charge in [0.15, 0.2) is 0 Å². The number of carbonyl (C=O) groups is 1. The van der Waals surface area contributed by atoms with E-state index in [1.165, 1.54) is 12.1 Å². The molecule has 1 aliphatic rings. The van der Waals surface area contributed by atoms with E-state index in [1.807, 2.05) is 31.2 Å². The normalized spacial score (nSPS) is 16.2. The molecule has 0 aliphatic carbocycles. The number of ether oxygens (including phenoxy) is 1. The van der Waals surface area contributed by atoms with Crippen LogP contribution in [0.25, 0.3) is 11.1 Å². The molecular weight excluding hydrogens is 393 g/mol. The first kappa shape index (κ1) is 23.3. The number of hydrogen-bond acceptors (Lipinski definition) is 3. The Kier molecular flexibility index (Phi) is 9.08. The molecule has 2 aromatic rings. The molecule has 2 aromatic carbocycles. The van der Waals surface area contributed by atoms with E-state index >= 15 is 0 Å². The number of nitrogens with zero attached hydrogens (tertiary/aromatic N) is 1. The van der Waals surface area contributed by atoms with Gasteiger partial charge in [0, 0.05) is 13.1 Å². The first-order valence-electron chi connectivity index (χ1n) is 10.0. The van der Waals surface area contributed by atoms with Gasteiger partial charge in [0.05, 0.1) is 12.7 Å². The molecule has 6 heteroatoms. The number of halogens is 2. The second kappa shape index (κ2) is 11.3. The van der Waals surface area contributed by atoms with E-state index in [1.54, 1.807) is 12.1 Å². The summed E-state index contributed by atoms with van der Waals surface area (Å²) in [6.07, 6.45) is 3.37. The molecule has 0 aromatic heterocycles. The number of likely N-dealkylation sites (tertiary alicyclic amines) is 1. The molecule has 1 aliphatic heterocycles. The Hall–Kier alpha value is -1.95. The summed E-state index contributed by atoms with van der Waals surface area (Å²) in [5.41, 5.74) is 3.10. The van der Waals surface area contributed by atoms with E-state index in [9.17, 15) is 14.3 Å². The van der Waals surface area contributed by atoms with Crippen LogP contribution in [0.3, 0.4) is 0 Å². The summed E-state index contributed by atoms with van der Waals surface area (Å²) in [6, 6.07) is 14.1. The molecule has 0 saturated carbocycles. The molecule has 4 nitrogen and oxygen atoms in total. The minimum absolute atomic E-state index is 0. The monoisotopic (exact) mass is 421 g/mol. The van der Waals surface area contributed by atoms with Crippen LogP contribution in [-0.2, 0) is 16.1 Å². The van der Waals surface area contributed by atoms with E-state index in [0.29, 0.717) is 13.0 Å². The van der Waals surface area contributed by atoms with E-state index in [2.05, 4.69) is 4.90 Å². The molecule has 0 radical (unpaired) electrons. The average Bonchev–Trinajstić information content (AvgIpc) is 2.72. The molecule has 0 amide bonds. The third-order valence-electron chi connectivity index (χ3n) is 5.41. The van der Waals surface area contributed by atoms with Crippen molar-refractivity contribution in [1.29, 1.82) is 0 Å². The van der Waals surface area contributed by atoms with Gasteiger partial charge in [0.25, 0.3) is 0 Å². The quantitative estimate of drug-likeness (QED) is 0.640. The lowest BCUT2D eigenvalue weighted by Gasteiger charge is -2.35. The predicted molar refractivity (Wildman–Crippen MR) is 115 cm³/mol. The van der Waals surface area contributed by atoms with E-state index < -0.39 is 5.97 Å². The molecular formula is C23H29ClFNO3. The molecule has 3 rings (SSSR count). The lowest BCUT2D eigenvalue weighted by atomic mass is 10.00. The van der Waals surface area contributed by atoms with Gasteiger partial charge < -0.3 is 9.84 Å². The summed E-state index contributed by atoms with van der Waals surface area (Å²) < 4.78 is 19.4. The summed E-state index contributed by atoms with van der Waals surface area (Å²) in [4.78, 5) is 13.5. The van der Waals surface area contributed by atoms with Crippen molar-refractivity contribution in [2.45, 2.75) is 51.4 Å². The third kappa shape index (κ3) is 6.26. The summed E-state index contributed by atoms with van der Waals surface area (Å²) in [5, 5.41) is 9.43. The number of benzene rings is 2. The molecule has 0 spiro atoms. The van der Waals surface area contributed by atoms with Gasteiger partial charge in [-0.05, 0) is 48.1 Å². The highest BCUT2D eigenvalue weighted by Crippen LogP contribution is 2.26. The Morgan fingerprint density at radius 3 is 2.45 bits per heavy atom. The number of carboxylic acid groups (broad SMARTS) is 1. The maximum Gasteiger partial charge on any atom is 0.320 e. The van der Waals surface area contributed by atoms with Crippen molar-refractivity contribution >= 4 is 18.4 Å². The number of hydrogen-bond donors (Lipinski definition) is 1. The number of rotatable bonds is 8. The lowest BCUT2D eigenvalue weighted by molar-refractivity contribution is -0.145. The fourth-order valence-corrected chi connectivity index (χ4v) is 3.85. The zero-order valence-corrected chi connectivity index (χ0v) is 17.5. The zero-order valence-electron chi connectivity index (χ0n) is 16.7. The number of piperidine rings is 1. The third-order valence-corrected chi connectivity index (χ3v) is 5.41. The molecule has 1 saturated heterocycles. The fraction of sp³-hybridized carbons (Fsp3) is 0.435. The highest BCUT2D eigenvalue weighted by atomic mass is 35.5. The van der Waals surface area contributed by atoms with Crippen molar-refractivity contribution in [2.75, 3.05) is 13.1 Å². The van der Waals surface area contributed by atoms with Gasteiger partial charge in [-0.1, -0.05) is 49.7 Å². The second-order valence-corrected chi connectivity index (χ2v) is 7.35. The first-order chi connectivity index (χ1) is 13.6. The van der Waals surface area contributed by atoms with Crippen molar-refractivity contribution in [3.8, 4) is 11.1 Å². The van der Waals surface area contributed by atoms with E-state index in [0.717, 1.165) is 49.0 Å². The Morgan fingerprint density at radius 1 is 1.17 bits per heavy atom. The zero-order chi connectivity index (χ0) is 19.9. The average molecular weight is 422 g/mol. The summed E-state index contributed by atoms with van der Waals surface area (Å²) >= 11 is 0. The van der Waals surface area contributed by atoms with E-state index in [4.69, 9.17) is 4.74 Å². The summed E-state index contributed by atoms with van der Waals surface area (Å²) in [6.45, 7) is 4.02. The Morgan fingerprint density at radius 2 is 1.83 bits per heavy atom. The predicted octanol–water partition coefficient (Wildman–Crippen LogP) is 5.15. The van der Waals surface area contributed by atoms with Crippen molar-refractivity contribution in [1.82, 2.24) is 4.90 Å². The smallest absolute Gasteiger partial charge is 0.320 e. The Bertz CT molecular complexity index is 776. The maximum absolute atomic E-state index is 13.2. The molecule has 1 heterocycles. The van der Waals surface area contributed by atoms with Crippen LogP contribution in [0.1, 0.15) is 38.2 Å². The summed E-state index contributed by atoms with van der Waals surface area (Å²) in [7, 11) is 0. The van der Waals surface area contributed by atoms with Crippen LogP contribution in [0.4, 0.5) is 4.39 Å². The molecule has 0 bridgehead atoms. The standard InChI is InChI=1S/C23H28FNO3.ClH/c1-2-5-22(23(26)27)25-14-12-20(13-15-25)28-16-18-6-3-4-7-21(18)17-8-10-19(24)11-9-17;/h3-4,6-11,20,22H,2,5,12-16H2,1H3,(H,26,27);1H. The second-order valence-electron chi connectivity index (χ2n) is 7.35. The van der Waals surface area contributed by atoms with Gasteiger partial charge in [-0.2, -0.15) is 0 Å². The Balaban J connectivity index is 0.00000300. The Labute approximate surface area is 178 Å². The van der Waals surface area contributed by atoms with Crippen molar-refractivity contribution < 1.29 is 19.0 Å². The fourth-order valence-electron chi connectivity index (χ4n) is 3.85. The van der Waals surface area contributed by atoms with Gasteiger partial charge in [-0.3, -0.25) is 9.69 Å². The minimum atomic E-state index is -0.727. The van der Waals surface area contributed by atoms with E-state index in [-0.39, 0.29) is 30.4 Å². The minimum Gasteiger partial charge on any atom is -0.480 e. The van der Waals surface area contributed by atoms with Crippen LogP contribution in [0.15, 0.2) is 48.5 Å². The van der Waals surface area contributed by atoms with Crippen molar-refractivity contribution in [3.63, 3.8) is 0 Å². The maximum atomic E-state index is 13.2. The molecule has 1 unspecified atom stereocenters.